The minimum absolute atomic E-state index is 0.157. The van der Waals surface area contributed by atoms with Gasteiger partial charge in [0.15, 0.2) is 0 Å². The lowest BCUT2D eigenvalue weighted by Crippen LogP contribution is -2.27. The van der Waals surface area contributed by atoms with Gasteiger partial charge in [-0.3, -0.25) is 0 Å². The van der Waals surface area contributed by atoms with Gasteiger partial charge in [-0.05, 0) is 25.5 Å². The zero-order chi connectivity index (χ0) is 11.4. The van der Waals surface area contributed by atoms with Crippen molar-refractivity contribution >= 4 is 23.2 Å². The molecule has 0 saturated heterocycles. The summed E-state index contributed by atoms with van der Waals surface area (Å²) in [4.78, 5) is 0. The summed E-state index contributed by atoms with van der Waals surface area (Å²) in [5, 5.41) is 4.57. The molecular formula is C12H15Cl2N. The van der Waals surface area contributed by atoms with E-state index >= 15 is 0 Å². The second-order valence-corrected chi connectivity index (χ2v) is 4.34. The Morgan fingerprint density at radius 1 is 1.33 bits per heavy atom. The lowest BCUT2D eigenvalue weighted by atomic mass is 10.1. The minimum atomic E-state index is 0.157. The number of hydrogen-bond acceptors (Lipinski definition) is 1. The van der Waals surface area contributed by atoms with Crippen LogP contribution in [0, 0.1) is 0 Å². The molecule has 0 saturated carbocycles. The van der Waals surface area contributed by atoms with E-state index in [1.54, 1.807) is 6.07 Å². The lowest BCUT2D eigenvalue weighted by molar-refractivity contribution is 0.537. The van der Waals surface area contributed by atoms with Crippen LogP contribution in [-0.2, 0) is 0 Å². The highest BCUT2D eigenvalue weighted by Crippen LogP contribution is 2.29. The Balaban J connectivity index is 2.86. The quantitative estimate of drug-likeness (QED) is 0.782. The zero-order valence-electron chi connectivity index (χ0n) is 8.93. The molecule has 1 N–H and O–H groups in total. The molecule has 0 heterocycles. The first kappa shape index (κ1) is 12.6. The fraction of sp³-hybridized carbons (Fsp3) is 0.333. The first-order valence-corrected chi connectivity index (χ1v) is 5.64. The molecule has 0 aliphatic rings. The molecule has 0 fully saturated rings. The maximum absolute atomic E-state index is 6.12. The van der Waals surface area contributed by atoms with Gasteiger partial charge in [-0.2, -0.15) is 0 Å². The standard InChI is InChI=1S/C12H15Cl2N/c1-4-8(2)15-9(3)10-6-5-7-11(13)12(10)14/h4-9,15H,1H2,2-3H3. The molecule has 0 amide bonds. The number of halogens is 2. The number of benzene rings is 1. The van der Waals surface area contributed by atoms with E-state index in [4.69, 9.17) is 23.2 Å². The maximum Gasteiger partial charge on any atom is 0.0639 e. The van der Waals surface area contributed by atoms with Crippen molar-refractivity contribution < 1.29 is 0 Å². The summed E-state index contributed by atoms with van der Waals surface area (Å²) in [5.41, 5.74) is 1.01. The van der Waals surface area contributed by atoms with Crippen LogP contribution >= 0.6 is 23.2 Å². The van der Waals surface area contributed by atoms with E-state index in [0.717, 1.165) is 5.56 Å². The Labute approximate surface area is 101 Å². The molecule has 0 radical (unpaired) electrons. The second-order valence-electron chi connectivity index (χ2n) is 3.56. The van der Waals surface area contributed by atoms with Crippen molar-refractivity contribution in [2.24, 2.45) is 0 Å². The molecule has 1 rings (SSSR count). The van der Waals surface area contributed by atoms with Crippen LogP contribution in [0.15, 0.2) is 30.9 Å². The Bertz CT molecular complexity index is 349. The lowest BCUT2D eigenvalue weighted by Gasteiger charge is -2.19. The summed E-state index contributed by atoms with van der Waals surface area (Å²) in [6, 6.07) is 6.07. The summed E-state index contributed by atoms with van der Waals surface area (Å²) < 4.78 is 0. The van der Waals surface area contributed by atoms with Gasteiger partial charge in [0.05, 0.1) is 10.0 Å². The average Bonchev–Trinajstić information content (AvgIpc) is 2.21. The topological polar surface area (TPSA) is 12.0 Å². The van der Waals surface area contributed by atoms with Crippen LogP contribution in [0.4, 0.5) is 0 Å². The van der Waals surface area contributed by atoms with Gasteiger partial charge < -0.3 is 5.32 Å². The SMILES string of the molecule is C=CC(C)NC(C)c1cccc(Cl)c1Cl. The number of hydrogen-bond donors (Lipinski definition) is 1. The molecule has 2 unspecified atom stereocenters. The third-order valence-electron chi connectivity index (χ3n) is 2.31. The van der Waals surface area contributed by atoms with Gasteiger partial charge in [0, 0.05) is 12.1 Å². The van der Waals surface area contributed by atoms with E-state index in [0.29, 0.717) is 10.0 Å². The van der Waals surface area contributed by atoms with Crippen molar-refractivity contribution in [3.63, 3.8) is 0 Å². The van der Waals surface area contributed by atoms with E-state index in [1.165, 1.54) is 0 Å². The third kappa shape index (κ3) is 3.23. The summed E-state index contributed by atoms with van der Waals surface area (Å²) in [7, 11) is 0. The second kappa shape index (κ2) is 5.55. The van der Waals surface area contributed by atoms with Crippen LogP contribution in [0.2, 0.25) is 10.0 Å². The molecule has 0 aromatic heterocycles. The van der Waals surface area contributed by atoms with Crippen LogP contribution in [0.25, 0.3) is 0 Å². The van der Waals surface area contributed by atoms with Crippen molar-refractivity contribution in [1.82, 2.24) is 5.32 Å². The summed E-state index contributed by atoms with van der Waals surface area (Å²) >= 11 is 12.1. The van der Waals surface area contributed by atoms with E-state index in [1.807, 2.05) is 25.1 Å². The third-order valence-corrected chi connectivity index (χ3v) is 3.15. The summed E-state index contributed by atoms with van der Waals surface area (Å²) in [6.45, 7) is 7.82. The van der Waals surface area contributed by atoms with Gasteiger partial charge in [-0.1, -0.05) is 41.4 Å². The van der Waals surface area contributed by atoms with Crippen molar-refractivity contribution in [1.29, 1.82) is 0 Å². The molecular weight excluding hydrogens is 229 g/mol. The average molecular weight is 244 g/mol. The molecule has 1 nitrogen and oxygen atoms in total. The predicted octanol–water partition coefficient (Wildman–Crippen LogP) is 4.22. The molecule has 0 aliphatic carbocycles. The normalized spacial score (nSPS) is 14.7. The monoisotopic (exact) mass is 243 g/mol. The maximum atomic E-state index is 6.12. The molecule has 0 spiro atoms. The predicted molar refractivity (Wildman–Crippen MR) is 67.7 cm³/mol. The van der Waals surface area contributed by atoms with Crippen LogP contribution in [0.3, 0.4) is 0 Å². The first-order valence-electron chi connectivity index (χ1n) is 4.88. The number of rotatable bonds is 4. The Morgan fingerprint density at radius 2 is 2.00 bits per heavy atom. The molecule has 0 bridgehead atoms. The molecule has 2 atom stereocenters. The van der Waals surface area contributed by atoms with Gasteiger partial charge >= 0.3 is 0 Å². The molecule has 82 valence electrons. The van der Waals surface area contributed by atoms with E-state index in [-0.39, 0.29) is 12.1 Å². The van der Waals surface area contributed by atoms with Crippen LogP contribution in [0.5, 0.6) is 0 Å². The number of nitrogens with one attached hydrogen (secondary N) is 1. The fourth-order valence-electron chi connectivity index (χ4n) is 1.41. The van der Waals surface area contributed by atoms with Crippen molar-refractivity contribution in [2.45, 2.75) is 25.9 Å². The van der Waals surface area contributed by atoms with Crippen LogP contribution in [0.1, 0.15) is 25.5 Å². The van der Waals surface area contributed by atoms with Gasteiger partial charge in [0.25, 0.3) is 0 Å². The Kier molecular flexibility index (Phi) is 4.65. The highest BCUT2D eigenvalue weighted by molar-refractivity contribution is 6.42. The zero-order valence-corrected chi connectivity index (χ0v) is 10.4. The van der Waals surface area contributed by atoms with Gasteiger partial charge in [-0.15, -0.1) is 6.58 Å². The fourth-order valence-corrected chi connectivity index (χ4v) is 1.88. The Hall–Kier alpha value is -0.500. The highest BCUT2D eigenvalue weighted by Gasteiger charge is 2.12. The minimum Gasteiger partial charge on any atom is -0.304 e. The van der Waals surface area contributed by atoms with E-state index in [9.17, 15) is 0 Å². The van der Waals surface area contributed by atoms with E-state index in [2.05, 4.69) is 18.8 Å². The molecule has 15 heavy (non-hydrogen) atoms. The van der Waals surface area contributed by atoms with Crippen molar-refractivity contribution in [3.05, 3.63) is 46.5 Å². The van der Waals surface area contributed by atoms with Crippen molar-refractivity contribution in [2.75, 3.05) is 0 Å². The van der Waals surface area contributed by atoms with Gasteiger partial charge in [-0.25, -0.2) is 0 Å². The first-order chi connectivity index (χ1) is 7.06. The van der Waals surface area contributed by atoms with Crippen molar-refractivity contribution in [3.8, 4) is 0 Å². The summed E-state index contributed by atoms with van der Waals surface area (Å²) in [6.07, 6.45) is 1.86. The highest BCUT2D eigenvalue weighted by atomic mass is 35.5. The van der Waals surface area contributed by atoms with E-state index < -0.39 is 0 Å². The van der Waals surface area contributed by atoms with Gasteiger partial charge in [0.2, 0.25) is 0 Å². The van der Waals surface area contributed by atoms with Crippen LogP contribution in [-0.4, -0.2) is 6.04 Å². The molecule has 3 heteroatoms. The van der Waals surface area contributed by atoms with Crippen LogP contribution < -0.4 is 5.32 Å². The Morgan fingerprint density at radius 3 is 2.60 bits per heavy atom. The molecule has 1 aromatic carbocycles. The summed E-state index contributed by atoms with van der Waals surface area (Å²) in [5.74, 6) is 0. The smallest absolute Gasteiger partial charge is 0.0639 e. The molecule has 0 aliphatic heterocycles. The van der Waals surface area contributed by atoms with Gasteiger partial charge in [0.1, 0.15) is 0 Å². The largest absolute Gasteiger partial charge is 0.304 e. The molecule has 1 aromatic rings.